The molecule has 30 heavy (non-hydrogen) atoms. The van der Waals surface area contributed by atoms with Crippen molar-refractivity contribution in [3.8, 4) is 5.75 Å². The number of benzene rings is 2. The summed E-state index contributed by atoms with van der Waals surface area (Å²) in [6, 6.07) is 11.8. The summed E-state index contributed by atoms with van der Waals surface area (Å²) in [5.74, 6) is 1.36. The van der Waals surface area contributed by atoms with Crippen LogP contribution in [0.1, 0.15) is 36.0 Å². The molecule has 6 nitrogen and oxygen atoms in total. The van der Waals surface area contributed by atoms with E-state index in [4.69, 9.17) is 4.74 Å². The third-order valence-corrected chi connectivity index (χ3v) is 6.12. The number of likely N-dealkylation sites (tertiary alicyclic amines) is 1. The number of aryl methyl sites for hydroxylation is 3. The fourth-order valence-corrected chi connectivity index (χ4v) is 3.99. The molecular weight excluding hydrogens is 378 g/mol. The third kappa shape index (κ3) is 4.75. The van der Waals surface area contributed by atoms with Crippen LogP contribution in [0.15, 0.2) is 36.4 Å². The number of nitrogens with zero attached hydrogens (tertiary/aromatic N) is 1. The molecule has 6 heteroatoms. The number of nitrogens with one attached hydrogen (secondary N) is 2. The fourth-order valence-electron chi connectivity index (χ4n) is 3.99. The second-order valence-electron chi connectivity index (χ2n) is 8.34. The molecule has 3 amide bonds. The number of amides is 3. The van der Waals surface area contributed by atoms with Gasteiger partial charge >= 0.3 is 6.03 Å². The molecular formula is C24H29N3O3. The van der Waals surface area contributed by atoms with Crippen LogP contribution in [-0.4, -0.2) is 36.5 Å². The lowest BCUT2D eigenvalue weighted by Crippen LogP contribution is -2.42. The molecule has 2 heterocycles. The molecule has 0 unspecified atom stereocenters. The minimum Gasteiger partial charge on any atom is -0.493 e. The number of carbonyl (C=O) groups is 2. The average molecular weight is 408 g/mol. The van der Waals surface area contributed by atoms with Crippen molar-refractivity contribution < 1.29 is 14.3 Å². The van der Waals surface area contributed by atoms with Gasteiger partial charge in [-0.05, 0) is 86.1 Å². The van der Waals surface area contributed by atoms with Gasteiger partial charge in [-0.1, -0.05) is 6.07 Å². The van der Waals surface area contributed by atoms with Crippen LogP contribution in [0.5, 0.6) is 5.75 Å². The van der Waals surface area contributed by atoms with E-state index in [1.807, 2.05) is 41.3 Å². The Morgan fingerprint density at radius 1 is 1.10 bits per heavy atom. The Morgan fingerprint density at radius 3 is 2.67 bits per heavy atom. The lowest BCUT2D eigenvalue weighted by molar-refractivity contribution is -0.116. The zero-order valence-electron chi connectivity index (χ0n) is 17.7. The van der Waals surface area contributed by atoms with E-state index >= 15 is 0 Å². The topological polar surface area (TPSA) is 70.7 Å². The van der Waals surface area contributed by atoms with Crippen LogP contribution in [0, 0.1) is 19.8 Å². The molecule has 2 aromatic rings. The summed E-state index contributed by atoms with van der Waals surface area (Å²) < 4.78 is 6.02. The van der Waals surface area contributed by atoms with E-state index in [2.05, 4.69) is 24.5 Å². The number of anilines is 2. The number of fused-ring (bicyclic) bond motifs is 1. The van der Waals surface area contributed by atoms with Crippen molar-refractivity contribution in [2.75, 3.05) is 30.3 Å². The molecule has 158 valence electrons. The van der Waals surface area contributed by atoms with Gasteiger partial charge in [-0.25, -0.2) is 4.79 Å². The first kappa shape index (κ1) is 20.3. The zero-order valence-corrected chi connectivity index (χ0v) is 17.7. The normalized spacial score (nSPS) is 16.6. The van der Waals surface area contributed by atoms with Gasteiger partial charge < -0.3 is 20.3 Å². The van der Waals surface area contributed by atoms with Crippen molar-refractivity contribution in [3.05, 3.63) is 53.1 Å². The SMILES string of the molecule is Cc1ccc(NC(=O)N2CCC(COc3ccc4c(c3)CCC(=O)N4)CC2)cc1C. The Hall–Kier alpha value is -3.02. The predicted molar refractivity (Wildman–Crippen MR) is 118 cm³/mol. The molecule has 1 saturated heterocycles. The maximum Gasteiger partial charge on any atom is 0.321 e. The Morgan fingerprint density at radius 2 is 1.90 bits per heavy atom. The minimum absolute atomic E-state index is 0.0330. The Labute approximate surface area is 177 Å². The van der Waals surface area contributed by atoms with Crippen molar-refractivity contribution in [1.29, 1.82) is 0 Å². The average Bonchev–Trinajstić information content (AvgIpc) is 2.75. The highest BCUT2D eigenvalue weighted by Gasteiger charge is 2.23. The Balaban J connectivity index is 1.24. The van der Waals surface area contributed by atoms with Gasteiger partial charge in [0.15, 0.2) is 0 Å². The van der Waals surface area contributed by atoms with Crippen LogP contribution >= 0.6 is 0 Å². The molecule has 2 aromatic carbocycles. The van der Waals surface area contributed by atoms with E-state index in [1.165, 1.54) is 11.1 Å². The van der Waals surface area contributed by atoms with Crippen molar-refractivity contribution in [2.45, 2.75) is 39.5 Å². The molecule has 0 bridgehead atoms. The molecule has 0 spiro atoms. The first-order valence-corrected chi connectivity index (χ1v) is 10.7. The van der Waals surface area contributed by atoms with Crippen molar-refractivity contribution in [1.82, 2.24) is 4.90 Å². The second kappa shape index (κ2) is 8.78. The Bertz CT molecular complexity index is 949. The molecule has 2 aliphatic rings. The van der Waals surface area contributed by atoms with Crippen LogP contribution in [-0.2, 0) is 11.2 Å². The largest absolute Gasteiger partial charge is 0.493 e. The summed E-state index contributed by atoms with van der Waals surface area (Å²) in [7, 11) is 0. The number of piperidine rings is 1. The highest BCUT2D eigenvalue weighted by molar-refractivity contribution is 5.94. The highest BCUT2D eigenvalue weighted by Crippen LogP contribution is 2.28. The van der Waals surface area contributed by atoms with Crippen LogP contribution in [0.2, 0.25) is 0 Å². The Kier molecular flexibility index (Phi) is 5.93. The zero-order chi connectivity index (χ0) is 21.1. The molecule has 0 saturated carbocycles. The summed E-state index contributed by atoms with van der Waals surface area (Å²) >= 11 is 0. The summed E-state index contributed by atoms with van der Waals surface area (Å²) in [5.41, 5.74) is 5.26. The van der Waals surface area contributed by atoms with E-state index < -0.39 is 0 Å². The molecule has 0 atom stereocenters. The van der Waals surface area contributed by atoms with E-state index in [9.17, 15) is 9.59 Å². The van der Waals surface area contributed by atoms with Gasteiger partial charge in [-0.2, -0.15) is 0 Å². The first-order chi connectivity index (χ1) is 14.5. The van der Waals surface area contributed by atoms with Gasteiger partial charge in [0.1, 0.15) is 5.75 Å². The predicted octanol–water partition coefficient (Wildman–Crippen LogP) is 4.51. The van der Waals surface area contributed by atoms with Crippen LogP contribution in [0.4, 0.5) is 16.2 Å². The fraction of sp³-hybridized carbons (Fsp3) is 0.417. The number of urea groups is 1. The van der Waals surface area contributed by atoms with Crippen molar-refractivity contribution in [3.63, 3.8) is 0 Å². The molecule has 0 radical (unpaired) electrons. The molecule has 2 aliphatic heterocycles. The quantitative estimate of drug-likeness (QED) is 0.783. The van der Waals surface area contributed by atoms with Gasteiger partial charge in [0.05, 0.1) is 6.61 Å². The molecule has 0 aromatic heterocycles. The number of hydrogen-bond acceptors (Lipinski definition) is 3. The number of ether oxygens (including phenoxy) is 1. The van der Waals surface area contributed by atoms with Gasteiger partial charge in [0, 0.05) is 30.9 Å². The number of hydrogen-bond donors (Lipinski definition) is 2. The second-order valence-corrected chi connectivity index (χ2v) is 8.34. The molecule has 1 fully saturated rings. The number of rotatable bonds is 4. The number of carbonyl (C=O) groups excluding carboxylic acids is 2. The van der Waals surface area contributed by atoms with Gasteiger partial charge in [0.25, 0.3) is 0 Å². The third-order valence-electron chi connectivity index (χ3n) is 6.12. The smallest absolute Gasteiger partial charge is 0.321 e. The van der Waals surface area contributed by atoms with Gasteiger partial charge in [-0.3, -0.25) is 4.79 Å². The standard InChI is InChI=1S/C24H29N3O3/c1-16-3-5-20(13-17(16)2)25-24(29)27-11-9-18(10-12-27)15-30-21-6-7-22-19(14-21)4-8-23(28)26-22/h3,5-7,13-14,18H,4,8-12,15H2,1-2H3,(H,25,29)(H,26,28). The van der Waals surface area contributed by atoms with Crippen molar-refractivity contribution in [2.24, 2.45) is 5.92 Å². The van der Waals surface area contributed by atoms with E-state index in [1.54, 1.807) is 0 Å². The van der Waals surface area contributed by atoms with Crippen LogP contribution in [0.25, 0.3) is 0 Å². The van der Waals surface area contributed by atoms with Crippen LogP contribution < -0.4 is 15.4 Å². The molecule has 2 N–H and O–H groups in total. The summed E-state index contributed by atoms with van der Waals surface area (Å²) in [4.78, 5) is 25.9. The summed E-state index contributed by atoms with van der Waals surface area (Å²) in [6.07, 6.45) is 3.15. The minimum atomic E-state index is -0.0330. The highest BCUT2D eigenvalue weighted by atomic mass is 16.5. The maximum absolute atomic E-state index is 12.6. The summed E-state index contributed by atoms with van der Waals surface area (Å²) in [5, 5.41) is 5.90. The summed E-state index contributed by atoms with van der Waals surface area (Å²) in [6.45, 7) is 6.24. The van der Waals surface area contributed by atoms with E-state index in [0.29, 0.717) is 18.9 Å². The van der Waals surface area contributed by atoms with E-state index in [-0.39, 0.29) is 11.9 Å². The van der Waals surface area contributed by atoms with Crippen LogP contribution in [0.3, 0.4) is 0 Å². The van der Waals surface area contributed by atoms with E-state index in [0.717, 1.165) is 55.0 Å². The lowest BCUT2D eigenvalue weighted by atomic mass is 9.98. The molecule has 4 rings (SSSR count). The maximum atomic E-state index is 12.6. The molecule has 0 aliphatic carbocycles. The van der Waals surface area contributed by atoms with Crippen molar-refractivity contribution >= 4 is 23.3 Å². The lowest BCUT2D eigenvalue weighted by Gasteiger charge is -2.32. The van der Waals surface area contributed by atoms with Gasteiger partial charge in [-0.15, -0.1) is 0 Å². The monoisotopic (exact) mass is 407 g/mol. The first-order valence-electron chi connectivity index (χ1n) is 10.7. The van der Waals surface area contributed by atoms with Gasteiger partial charge in [0.2, 0.25) is 5.91 Å².